The van der Waals surface area contributed by atoms with E-state index in [1.807, 2.05) is 0 Å². The van der Waals surface area contributed by atoms with E-state index in [0.717, 1.165) is 19.4 Å². The van der Waals surface area contributed by atoms with Crippen LogP contribution >= 0.6 is 0 Å². The average molecular weight is 400 g/mol. The molecule has 1 saturated heterocycles. The molecule has 2 atom stereocenters. The molecule has 3 N–H and O–H groups in total. The largest absolute Gasteiger partial charge is 0.364 e. The molecule has 0 bridgehead atoms. The van der Waals surface area contributed by atoms with Crippen LogP contribution in [0.1, 0.15) is 36.7 Å². The second-order valence-corrected chi connectivity index (χ2v) is 7.65. The molecule has 0 spiro atoms. The minimum atomic E-state index is -0.656. The van der Waals surface area contributed by atoms with Gasteiger partial charge in [0.2, 0.25) is 5.91 Å². The average Bonchev–Trinajstić information content (AvgIpc) is 3.07. The zero-order valence-corrected chi connectivity index (χ0v) is 17.3. The molecule has 10 nitrogen and oxygen atoms in total. The molecule has 156 valence electrons. The highest BCUT2D eigenvalue weighted by atomic mass is 16.2. The van der Waals surface area contributed by atoms with E-state index in [0.29, 0.717) is 23.7 Å². The van der Waals surface area contributed by atoms with Gasteiger partial charge in [0.05, 0.1) is 18.1 Å². The second-order valence-electron chi connectivity index (χ2n) is 7.65. The van der Waals surface area contributed by atoms with Crippen LogP contribution in [-0.2, 0) is 11.8 Å². The SMILES string of the molecule is C[C@@H]1[C@H](CC(=O)N(C)C)CCCN1c1cnc(C(N)=O)c(Nc2cnn(C)c2)n1. The minimum absolute atomic E-state index is 0.0709. The number of nitrogens with one attached hydrogen (secondary N) is 1. The zero-order chi connectivity index (χ0) is 21.1. The molecule has 2 amide bonds. The van der Waals surface area contributed by atoms with Crippen molar-refractivity contribution in [2.45, 2.75) is 32.2 Å². The lowest BCUT2D eigenvalue weighted by Gasteiger charge is -2.40. The first-order valence-corrected chi connectivity index (χ1v) is 9.65. The summed E-state index contributed by atoms with van der Waals surface area (Å²) in [5.41, 5.74) is 6.23. The maximum absolute atomic E-state index is 12.2. The zero-order valence-electron chi connectivity index (χ0n) is 17.3. The van der Waals surface area contributed by atoms with Crippen molar-refractivity contribution in [3.8, 4) is 0 Å². The maximum Gasteiger partial charge on any atom is 0.271 e. The van der Waals surface area contributed by atoms with Crippen molar-refractivity contribution in [1.29, 1.82) is 0 Å². The third kappa shape index (κ3) is 4.64. The first-order valence-electron chi connectivity index (χ1n) is 9.65. The highest BCUT2D eigenvalue weighted by Gasteiger charge is 2.31. The van der Waals surface area contributed by atoms with Crippen LogP contribution in [-0.4, -0.2) is 63.1 Å². The molecule has 10 heteroatoms. The fourth-order valence-corrected chi connectivity index (χ4v) is 3.63. The Labute approximate surface area is 170 Å². The number of carbonyl (C=O) groups excluding carboxylic acids is 2. The Morgan fingerprint density at radius 3 is 2.72 bits per heavy atom. The topological polar surface area (TPSA) is 122 Å². The summed E-state index contributed by atoms with van der Waals surface area (Å²) in [6.07, 6.45) is 7.42. The normalized spacial score (nSPS) is 19.1. The number of aromatic nitrogens is 4. The van der Waals surface area contributed by atoms with E-state index in [4.69, 9.17) is 5.73 Å². The number of nitrogens with two attached hydrogens (primary N) is 1. The monoisotopic (exact) mass is 400 g/mol. The lowest BCUT2D eigenvalue weighted by atomic mass is 9.87. The van der Waals surface area contributed by atoms with Crippen molar-refractivity contribution >= 4 is 29.1 Å². The van der Waals surface area contributed by atoms with Crippen LogP contribution in [0.3, 0.4) is 0 Å². The van der Waals surface area contributed by atoms with Gasteiger partial charge in [0, 0.05) is 46.3 Å². The van der Waals surface area contributed by atoms with Crippen LogP contribution in [0.4, 0.5) is 17.3 Å². The van der Waals surface area contributed by atoms with Gasteiger partial charge in [-0.15, -0.1) is 0 Å². The third-order valence-electron chi connectivity index (χ3n) is 5.34. The van der Waals surface area contributed by atoms with Crippen LogP contribution < -0.4 is 16.0 Å². The van der Waals surface area contributed by atoms with Crippen molar-refractivity contribution < 1.29 is 9.59 Å². The van der Waals surface area contributed by atoms with Crippen LogP contribution in [0.5, 0.6) is 0 Å². The van der Waals surface area contributed by atoms with Crippen LogP contribution in [0.2, 0.25) is 0 Å². The van der Waals surface area contributed by atoms with Crippen molar-refractivity contribution in [3.63, 3.8) is 0 Å². The quantitative estimate of drug-likeness (QED) is 0.745. The number of rotatable bonds is 6. The number of nitrogens with zero attached hydrogens (tertiary/aromatic N) is 6. The number of anilines is 3. The number of primary amides is 1. The van der Waals surface area contributed by atoms with E-state index in [-0.39, 0.29) is 23.6 Å². The summed E-state index contributed by atoms with van der Waals surface area (Å²) >= 11 is 0. The highest BCUT2D eigenvalue weighted by Crippen LogP contribution is 2.31. The number of piperidine rings is 1. The number of amides is 2. The maximum atomic E-state index is 12.2. The minimum Gasteiger partial charge on any atom is -0.364 e. The number of carbonyl (C=O) groups is 2. The molecule has 2 aromatic heterocycles. The van der Waals surface area contributed by atoms with E-state index < -0.39 is 5.91 Å². The lowest BCUT2D eigenvalue weighted by molar-refractivity contribution is -0.130. The summed E-state index contributed by atoms with van der Waals surface area (Å²) in [5, 5.41) is 7.19. The Kier molecular flexibility index (Phi) is 6.00. The number of aryl methyl sites for hydroxylation is 1. The summed E-state index contributed by atoms with van der Waals surface area (Å²) in [4.78, 5) is 36.7. The van der Waals surface area contributed by atoms with Crippen molar-refractivity contribution in [2.24, 2.45) is 18.7 Å². The molecule has 3 heterocycles. The smallest absolute Gasteiger partial charge is 0.271 e. The molecule has 1 fully saturated rings. The summed E-state index contributed by atoms with van der Waals surface area (Å²) < 4.78 is 1.64. The van der Waals surface area contributed by atoms with Crippen LogP contribution in [0, 0.1) is 5.92 Å². The Morgan fingerprint density at radius 2 is 2.10 bits per heavy atom. The summed E-state index contributed by atoms with van der Waals surface area (Å²) in [6.45, 7) is 2.91. The molecule has 0 unspecified atom stereocenters. The number of hydrogen-bond donors (Lipinski definition) is 2. The van der Waals surface area contributed by atoms with Gasteiger partial charge in [0.1, 0.15) is 5.82 Å². The van der Waals surface area contributed by atoms with E-state index in [9.17, 15) is 9.59 Å². The van der Waals surface area contributed by atoms with Gasteiger partial charge in [0.15, 0.2) is 11.5 Å². The van der Waals surface area contributed by atoms with Gasteiger partial charge in [-0.2, -0.15) is 5.10 Å². The Balaban J connectivity index is 1.86. The standard InChI is InChI=1S/C19H28N8O2/c1-12-13(8-16(28)25(2)3)6-5-7-27(12)15-10-21-17(18(20)29)19(24-15)23-14-9-22-26(4)11-14/h9-13H,5-8H2,1-4H3,(H2,20,29)(H,23,24)/t12-,13+/m1/s1. The van der Waals surface area contributed by atoms with E-state index in [2.05, 4.69) is 32.2 Å². The fourth-order valence-electron chi connectivity index (χ4n) is 3.63. The van der Waals surface area contributed by atoms with Crippen LogP contribution in [0.15, 0.2) is 18.6 Å². The van der Waals surface area contributed by atoms with E-state index >= 15 is 0 Å². The molecule has 0 aliphatic carbocycles. The predicted molar refractivity (Wildman–Crippen MR) is 110 cm³/mol. The summed E-state index contributed by atoms with van der Waals surface area (Å²) in [5.74, 6) is 0.637. The molecule has 0 saturated carbocycles. The lowest BCUT2D eigenvalue weighted by Crippen LogP contribution is -2.45. The van der Waals surface area contributed by atoms with Gasteiger partial charge in [-0.25, -0.2) is 9.97 Å². The Bertz CT molecular complexity index is 894. The summed E-state index contributed by atoms with van der Waals surface area (Å²) in [6, 6.07) is 0.118. The molecule has 3 rings (SSSR count). The molecular weight excluding hydrogens is 372 g/mol. The van der Waals surface area contributed by atoms with E-state index in [1.54, 1.807) is 49.3 Å². The Hall–Kier alpha value is -3.17. The molecule has 2 aromatic rings. The molecule has 0 radical (unpaired) electrons. The third-order valence-corrected chi connectivity index (χ3v) is 5.34. The van der Waals surface area contributed by atoms with Gasteiger partial charge >= 0.3 is 0 Å². The molecule has 0 aromatic carbocycles. The van der Waals surface area contributed by atoms with Crippen molar-refractivity contribution in [2.75, 3.05) is 30.9 Å². The predicted octanol–water partition coefficient (Wildman–Crippen LogP) is 1.14. The highest BCUT2D eigenvalue weighted by molar-refractivity contribution is 5.96. The van der Waals surface area contributed by atoms with Crippen LogP contribution in [0.25, 0.3) is 0 Å². The van der Waals surface area contributed by atoms with Gasteiger partial charge < -0.3 is 20.9 Å². The number of hydrogen-bond acceptors (Lipinski definition) is 7. The first-order chi connectivity index (χ1) is 13.8. The van der Waals surface area contributed by atoms with E-state index in [1.165, 1.54) is 0 Å². The van der Waals surface area contributed by atoms with Gasteiger partial charge in [-0.05, 0) is 25.7 Å². The van der Waals surface area contributed by atoms with Gasteiger partial charge in [-0.3, -0.25) is 14.3 Å². The molecule has 1 aliphatic rings. The molecular formula is C19H28N8O2. The van der Waals surface area contributed by atoms with Gasteiger partial charge in [-0.1, -0.05) is 0 Å². The summed E-state index contributed by atoms with van der Waals surface area (Å²) in [7, 11) is 5.35. The molecule has 1 aliphatic heterocycles. The molecule has 29 heavy (non-hydrogen) atoms. The van der Waals surface area contributed by atoms with Crippen molar-refractivity contribution in [1.82, 2.24) is 24.6 Å². The fraction of sp³-hybridized carbons (Fsp3) is 0.526. The van der Waals surface area contributed by atoms with Gasteiger partial charge in [0.25, 0.3) is 5.91 Å². The second kappa shape index (κ2) is 8.46. The van der Waals surface area contributed by atoms with Crippen molar-refractivity contribution in [3.05, 3.63) is 24.3 Å². The first kappa shape index (κ1) is 20.6. The Morgan fingerprint density at radius 1 is 1.34 bits per heavy atom.